The molecule has 0 unspecified atom stereocenters. The molecule has 0 fully saturated rings. The molecule has 0 spiro atoms. The molecule has 5 heteroatoms. The number of hydrogen-bond donors (Lipinski definition) is 2. The molecule has 1 heterocycles. The normalized spacial score (nSPS) is 11.1. The van der Waals surface area contributed by atoms with Gasteiger partial charge in [0.25, 0.3) is 5.91 Å². The first-order valence-electron chi connectivity index (χ1n) is 5.69. The van der Waals surface area contributed by atoms with E-state index in [2.05, 4.69) is 10.3 Å². The van der Waals surface area contributed by atoms with Gasteiger partial charge in [0.15, 0.2) is 0 Å². The van der Waals surface area contributed by atoms with Gasteiger partial charge >= 0.3 is 0 Å². The molecule has 0 radical (unpaired) electrons. The van der Waals surface area contributed by atoms with E-state index < -0.39 is 5.91 Å². The smallest absolute Gasteiger partial charge is 0.261 e. The van der Waals surface area contributed by atoms with E-state index in [1.165, 1.54) is 7.05 Å². The lowest BCUT2D eigenvalue weighted by Gasteiger charge is -2.01. The van der Waals surface area contributed by atoms with Gasteiger partial charge < -0.3 is 15.0 Å². The number of ether oxygens (including phenoxy) is 1. The lowest BCUT2D eigenvalue weighted by atomic mass is 10.1. The quantitative estimate of drug-likeness (QED) is 0.648. The molecule has 0 aliphatic heterocycles. The highest BCUT2D eigenvalue weighted by atomic mass is 16.5. The largest absolute Gasteiger partial charge is 0.495 e. The second kappa shape index (κ2) is 5.27. The number of amides is 1. The van der Waals surface area contributed by atoms with E-state index in [1.807, 2.05) is 24.3 Å². The van der Waals surface area contributed by atoms with Crippen LogP contribution in [0.5, 0.6) is 5.75 Å². The number of H-pyrrole nitrogens is 1. The van der Waals surface area contributed by atoms with Gasteiger partial charge in [-0.25, -0.2) is 0 Å². The molecule has 0 saturated carbocycles. The van der Waals surface area contributed by atoms with Crippen LogP contribution < -0.4 is 10.1 Å². The first-order valence-corrected chi connectivity index (χ1v) is 5.69. The molecule has 2 N–H and O–H groups in total. The summed E-state index contributed by atoms with van der Waals surface area (Å²) in [7, 11) is 3.09. The van der Waals surface area contributed by atoms with Crippen LogP contribution in [0.3, 0.4) is 0 Å². The van der Waals surface area contributed by atoms with E-state index >= 15 is 0 Å². The van der Waals surface area contributed by atoms with Gasteiger partial charge in [0.1, 0.15) is 17.4 Å². The molecule has 0 atom stereocenters. The zero-order valence-corrected chi connectivity index (χ0v) is 10.7. The number of fused-ring (bicyclic) bond motifs is 1. The fourth-order valence-corrected chi connectivity index (χ4v) is 1.88. The molecule has 96 valence electrons. The Morgan fingerprint density at radius 3 is 2.95 bits per heavy atom. The number of carbonyl (C=O) groups excluding carboxylic acids is 1. The summed E-state index contributed by atoms with van der Waals surface area (Å²) in [5.74, 6) is 0.315. The van der Waals surface area contributed by atoms with Crippen LogP contribution in [-0.2, 0) is 4.79 Å². The molecular formula is C14H13N3O2. The molecule has 1 aromatic heterocycles. The summed E-state index contributed by atoms with van der Waals surface area (Å²) in [6, 6.07) is 7.49. The van der Waals surface area contributed by atoms with Crippen LogP contribution in [0.25, 0.3) is 17.0 Å². The van der Waals surface area contributed by atoms with Crippen LogP contribution in [-0.4, -0.2) is 25.0 Å². The third-order valence-electron chi connectivity index (χ3n) is 2.82. The Kier molecular flexibility index (Phi) is 3.53. The van der Waals surface area contributed by atoms with Gasteiger partial charge in [0.05, 0.1) is 12.6 Å². The number of nitriles is 1. The highest BCUT2D eigenvalue weighted by Gasteiger charge is 2.10. The zero-order chi connectivity index (χ0) is 13.8. The highest BCUT2D eigenvalue weighted by molar-refractivity contribution is 6.04. The maximum atomic E-state index is 11.5. The average Bonchev–Trinajstić information content (AvgIpc) is 2.86. The fraction of sp³-hybridized carbons (Fsp3) is 0.143. The van der Waals surface area contributed by atoms with Gasteiger partial charge in [-0.3, -0.25) is 4.79 Å². The number of hydrogen-bond acceptors (Lipinski definition) is 3. The van der Waals surface area contributed by atoms with Gasteiger partial charge in [-0.15, -0.1) is 0 Å². The van der Waals surface area contributed by atoms with Crippen molar-refractivity contribution in [2.75, 3.05) is 14.2 Å². The summed E-state index contributed by atoms with van der Waals surface area (Å²) in [6.07, 6.45) is 3.30. The van der Waals surface area contributed by atoms with E-state index in [0.29, 0.717) is 0 Å². The summed E-state index contributed by atoms with van der Waals surface area (Å²) in [5.41, 5.74) is 1.67. The molecule has 0 aliphatic rings. The van der Waals surface area contributed by atoms with Crippen LogP contribution in [0, 0.1) is 11.3 Å². The van der Waals surface area contributed by atoms with Crippen molar-refractivity contribution >= 4 is 22.9 Å². The third-order valence-corrected chi connectivity index (χ3v) is 2.82. The number of aromatic nitrogens is 1. The predicted molar refractivity (Wildman–Crippen MR) is 72.5 cm³/mol. The number of methoxy groups -OCH3 is 1. The van der Waals surface area contributed by atoms with Crippen LogP contribution in [0.2, 0.25) is 0 Å². The van der Waals surface area contributed by atoms with Crippen molar-refractivity contribution in [3.05, 3.63) is 35.5 Å². The number of aromatic amines is 1. The molecule has 2 rings (SSSR count). The van der Waals surface area contributed by atoms with Gasteiger partial charge in [0.2, 0.25) is 0 Å². The van der Waals surface area contributed by atoms with Crippen LogP contribution in [0.15, 0.2) is 30.0 Å². The Hall–Kier alpha value is -2.74. The first-order chi connectivity index (χ1) is 9.21. The lowest BCUT2D eigenvalue weighted by molar-refractivity contribution is -0.116. The topological polar surface area (TPSA) is 77.9 Å². The average molecular weight is 255 g/mol. The molecule has 5 nitrogen and oxygen atoms in total. The van der Waals surface area contributed by atoms with Gasteiger partial charge in [0, 0.05) is 24.2 Å². The minimum atomic E-state index is -0.403. The Balaban J connectivity index is 2.56. The molecule has 19 heavy (non-hydrogen) atoms. The van der Waals surface area contributed by atoms with Crippen molar-refractivity contribution < 1.29 is 9.53 Å². The van der Waals surface area contributed by atoms with E-state index in [4.69, 9.17) is 10.00 Å². The monoisotopic (exact) mass is 255 g/mol. The number of para-hydroxylation sites is 1. The van der Waals surface area contributed by atoms with Crippen molar-refractivity contribution in [1.29, 1.82) is 5.26 Å². The summed E-state index contributed by atoms with van der Waals surface area (Å²) < 4.78 is 5.24. The molecule has 1 amide bonds. The maximum absolute atomic E-state index is 11.5. The maximum Gasteiger partial charge on any atom is 0.261 e. The Morgan fingerprint density at radius 1 is 1.53 bits per heavy atom. The predicted octanol–water partition coefficient (Wildman–Crippen LogP) is 1.83. The molecule has 0 bridgehead atoms. The van der Waals surface area contributed by atoms with E-state index in [0.717, 1.165) is 22.2 Å². The number of benzene rings is 1. The summed E-state index contributed by atoms with van der Waals surface area (Å²) in [4.78, 5) is 14.6. The van der Waals surface area contributed by atoms with E-state index in [9.17, 15) is 4.79 Å². The number of nitrogens with one attached hydrogen (secondary N) is 2. The van der Waals surface area contributed by atoms with Crippen molar-refractivity contribution in [2.24, 2.45) is 0 Å². The van der Waals surface area contributed by atoms with E-state index in [-0.39, 0.29) is 5.57 Å². The van der Waals surface area contributed by atoms with Crippen molar-refractivity contribution in [3.63, 3.8) is 0 Å². The summed E-state index contributed by atoms with van der Waals surface area (Å²) in [5, 5.41) is 12.3. The number of carbonyl (C=O) groups is 1. The standard InChI is InChI=1S/C14H13N3O2/c1-16-14(18)9(7-15)6-10-8-17-13-11(10)4-3-5-12(13)19-2/h3-6,8,17H,1-2H3,(H,16,18)/b9-6+. The lowest BCUT2D eigenvalue weighted by Crippen LogP contribution is -2.19. The van der Waals surface area contributed by atoms with Crippen molar-refractivity contribution in [1.82, 2.24) is 10.3 Å². The van der Waals surface area contributed by atoms with Crippen LogP contribution in [0.1, 0.15) is 5.56 Å². The number of nitrogens with zero attached hydrogens (tertiary/aromatic N) is 1. The van der Waals surface area contributed by atoms with Gasteiger partial charge in [-0.1, -0.05) is 12.1 Å². The number of likely N-dealkylation sites (N-methyl/N-ethyl adjacent to an activating group) is 1. The Bertz CT molecular complexity index is 692. The molecule has 0 saturated heterocycles. The first kappa shape index (κ1) is 12.7. The minimum absolute atomic E-state index is 0.0613. The second-order valence-electron chi connectivity index (χ2n) is 3.88. The van der Waals surface area contributed by atoms with Crippen molar-refractivity contribution in [2.45, 2.75) is 0 Å². The minimum Gasteiger partial charge on any atom is -0.495 e. The van der Waals surface area contributed by atoms with Crippen LogP contribution in [0.4, 0.5) is 0 Å². The molecule has 0 aliphatic carbocycles. The second-order valence-corrected chi connectivity index (χ2v) is 3.88. The van der Waals surface area contributed by atoms with Gasteiger partial charge in [-0.05, 0) is 12.1 Å². The summed E-state index contributed by atoms with van der Waals surface area (Å²) >= 11 is 0. The Morgan fingerprint density at radius 2 is 2.32 bits per heavy atom. The van der Waals surface area contributed by atoms with Gasteiger partial charge in [-0.2, -0.15) is 5.26 Å². The number of rotatable bonds is 3. The zero-order valence-electron chi connectivity index (χ0n) is 10.7. The van der Waals surface area contributed by atoms with Crippen molar-refractivity contribution in [3.8, 4) is 11.8 Å². The molecule has 1 aromatic carbocycles. The Labute approximate surface area is 110 Å². The third kappa shape index (κ3) is 2.29. The highest BCUT2D eigenvalue weighted by Crippen LogP contribution is 2.28. The molecule has 2 aromatic rings. The fourth-order valence-electron chi connectivity index (χ4n) is 1.88. The molecular weight excluding hydrogens is 242 g/mol. The summed E-state index contributed by atoms with van der Waals surface area (Å²) in [6.45, 7) is 0. The SMILES string of the molecule is CNC(=O)/C(C#N)=C/c1c[nH]c2c(OC)cccc12. The van der Waals surface area contributed by atoms with E-state index in [1.54, 1.807) is 19.4 Å². The van der Waals surface area contributed by atoms with Crippen LogP contribution >= 0.6 is 0 Å².